The van der Waals surface area contributed by atoms with Crippen LogP contribution >= 0.6 is 0 Å². The van der Waals surface area contributed by atoms with Crippen LogP contribution in [0.25, 0.3) is 0 Å². The third kappa shape index (κ3) is 6.91. The van der Waals surface area contributed by atoms with Crippen LogP contribution in [-0.2, 0) is 19.1 Å². The average molecular weight is 312 g/mol. The lowest BCUT2D eigenvalue weighted by Crippen LogP contribution is -2.47. The number of carbonyl (C=O) groups excluding carboxylic acids is 3. The minimum absolute atomic E-state index is 0.0192. The monoisotopic (exact) mass is 312 g/mol. The number of methoxy groups -OCH3 is 1. The molecule has 1 fully saturated rings. The zero-order valence-corrected chi connectivity index (χ0v) is 14.1. The van der Waals surface area contributed by atoms with Crippen LogP contribution in [0.15, 0.2) is 0 Å². The van der Waals surface area contributed by atoms with E-state index >= 15 is 0 Å². The number of nitrogens with one attached hydrogen (secondary N) is 1. The normalized spacial score (nSPS) is 16.3. The molecular formula is C16H28N2O4. The van der Waals surface area contributed by atoms with Crippen LogP contribution in [0.5, 0.6) is 0 Å². The van der Waals surface area contributed by atoms with Gasteiger partial charge in [-0.15, -0.1) is 0 Å². The van der Waals surface area contributed by atoms with Crippen LogP contribution in [0.4, 0.5) is 0 Å². The minimum Gasteiger partial charge on any atom is -0.469 e. The zero-order valence-electron chi connectivity index (χ0n) is 14.1. The Kier molecular flexibility index (Phi) is 6.84. The predicted octanol–water partition coefficient (Wildman–Crippen LogP) is 1.48. The highest BCUT2D eigenvalue weighted by molar-refractivity contribution is 5.81. The fraction of sp³-hybridized carbons (Fsp3) is 0.812. The van der Waals surface area contributed by atoms with Gasteiger partial charge in [0, 0.05) is 32.0 Å². The Balaban J connectivity index is 2.29. The highest BCUT2D eigenvalue weighted by Gasteiger charge is 2.25. The van der Waals surface area contributed by atoms with E-state index in [0.717, 1.165) is 12.8 Å². The predicted molar refractivity (Wildman–Crippen MR) is 83.1 cm³/mol. The highest BCUT2D eigenvalue weighted by atomic mass is 16.5. The van der Waals surface area contributed by atoms with Gasteiger partial charge in [0.05, 0.1) is 13.5 Å². The standard InChI is InChI=1S/C16H28N2O4/c1-16(2,3)11-13(19)17-12-7-9-18(10-8-12)14(20)5-6-15(21)22-4/h12H,5-11H2,1-4H3,(H,17,19). The summed E-state index contributed by atoms with van der Waals surface area (Å²) in [5.41, 5.74) is -0.0192. The molecule has 1 aliphatic rings. The molecule has 0 aromatic heterocycles. The molecule has 0 aromatic carbocycles. The lowest BCUT2D eigenvalue weighted by atomic mass is 9.91. The molecule has 0 aliphatic carbocycles. The number of hydrogen-bond donors (Lipinski definition) is 1. The summed E-state index contributed by atoms with van der Waals surface area (Å²) in [5, 5.41) is 3.04. The van der Waals surface area contributed by atoms with Crippen LogP contribution in [-0.4, -0.2) is 48.9 Å². The van der Waals surface area contributed by atoms with Crippen molar-refractivity contribution >= 4 is 17.8 Å². The van der Waals surface area contributed by atoms with Crippen LogP contribution in [0.3, 0.4) is 0 Å². The van der Waals surface area contributed by atoms with E-state index in [-0.39, 0.29) is 42.1 Å². The SMILES string of the molecule is COC(=O)CCC(=O)N1CCC(NC(=O)CC(C)(C)C)CC1. The van der Waals surface area contributed by atoms with E-state index in [2.05, 4.69) is 10.1 Å². The van der Waals surface area contributed by atoms with Crippen molar-refractivity contribution in [3.05, 3.63) is 0 Å². The number of rotatable bonds is 5. The van der Waals surface area contributed by atoms with E-state index in [1.807, 2.05) is 20.8 Å². The number of carbonyl (C=O) groups is 3. The molecule has 0 spiro atoms. The molecule has 0 atom stereocenters. The highest BCUT2D eigenvalue weighted by Crippen LogP contribution is 2.19. The van der Waals surface area contributed by atoms with Gasteiger partial charge in [0.1, 0.15) is 0 Å². The molecule has 6 heteroatoms. The molecule has 1 saturated heterocycles. The Morgan fingerprint density at radius 2 is 1.73 bits per heavy atom. The molecule has 22 heavy (non-hydrogen) atoms. The van der Waals surface area contributed by atoms with E-state index in [0.29, 0.717) is 19.5 Å². The third-order valence-electron chi connectivity index (χ3n) is 3.67. The van der Waals surface area contributed by atoms with Gasteiger partial charge in [-0.2, -0.15) is 0 Å². The maximum absolute atomic E-state index is 12.0. The van der Waals surface area contributed by atoms with Gasteiger partial charge in [-0.05, 0) is 18.3 Å². The molecular weight excluding hydrogens is 284 g/mol. The Bertz CT molecular complexity index is 407. The maximum Gasteiger partial charge on any atom is 0.306 e. The Hall–Kier alpha value is -1.59. The van der Waals surface area contributed by atoms with Gasteiger partial charge in [-0.25, -0.2) is 0 Å². The summed E-state index contributed by atoms with van der Waals surface area (Å²) in [6.07, 6.45) is 2.34. The molecule has 1 rings (SSSR count). The molecule has 126 valence electrons. The van der Waals surface area contributed by atoms with E-state index in [1.165, 1.54) is 7.11 Å². The summed E-state index contributed by atoms with van der Waals surface area (Å²) in [5.74, 6) is -0.314. The van der Waals surface area contributed by atoms with Crippen molar-refractivity contribution < 1.29 is 19.1 Å². The topological polar surface area (TPSA) is 75.7 Å². The van der Waals surface area contributed by atoms with Crippen molar-refractivity contribution in [2.24, 2.45) is 5.41 Å². The van der Waals surface area contributed by atoms with Gasteiger partial charge in [-0.3, -0.25) is 14.4 Å². The van der Waals surface area contributed by atoms with Gasteiger partial charge < -0.3 is 15.0 Å². The zero-order chi connectivity index (χ0) is 16.8. The number of hydrogen-bond acceptors (Lipinski definition) is 4. The summed E-state index contributed by atoms with van der Waals surface area (Å²) in [4.78, 5) is 36.7. The second-order valence-electron chi connectivity index (χ2n) is 7.04. The van der Waals surface area contributed by atoms with Crippen LogP contribution in [0, 0.1) is 5.41 Å². The van der Waals surface area contributed by atoms with E-state index in [1.54, 1.807) is 4.90 Å². The third-order valence-corrected chi connectivity index (χ3v) is 3.67. The average Bonchev–Trinajstić information content (AvgIpc) is 2.43. The lowest BCUT2D eigenvalue weighted by Gasteiger charge is -2.33. The van der Waals surface area contributed by atoms with Gasteiger partial charge >= 0.3 is 5.97 Å². The fourth-order valence-electron chi connectivity index (χ4n) is 2.50. The largest absolute Gasteiger partial charge is 0.469 e. The van der Waals surface area contributed by atoms with E-state index in [4.69, 9.17) is 0 Å². The molecule has 1 aliphatic heterocycles. The minimum atomic E-state index is -0.363. The summed E-state index contributed by atoms with van der Waals surface area (Å²) in [6, 6.07) is 0.138. The summed E-state index contributed by atoms with van der Waals surface area (Å²) in [6.45, 7) is 7.36. The quantitative estimate of drug-likeness (QED) is 0.780. The molecule has 0 aromatic rings. The summed E-state index contributed by atoms with van der Waals surface area (Å²) >= 11 is 0. The Morgan fingerprint density at radius 3 is 2.23 bits per heavy atom. The first-order chi connectivity index (χ1) is 10.2. The summed E-state index contributed by atoms with van der Waals surface area (Å²) in [7, 11) is 1.32. The van der Waals surface area contributed by atoms with Crippen LogP contribution in [0.1, 0.15) is 52.9 Å². The number of likely N-dealkylation sites (tertiary alicyclic amines) is 1. The lowest BCUT2D eigenvalue weighted by molar-refractivity contribution is -0.144. The number of nitrogens with zero attached hydrogens (tertiary/aromatic N) is 1. The fourth-order valence-corrected chi connectivity index (χ4v) is 2.50. The molecule has 0 bridgehead atoms. The molecule has 2 amide bonds. The second kappa shape index (κ2) is 8.15. The maximum atomic E-state index is 12.0. The number of esters is 1. The van der Waals surface area contributed by atoms with Crippen LogP contribution < -0.4 is 5.32 Å². The first-order valence-corrected chi connectivity index (χ1v) is 7.85. The molecule has 1 N–H and O–H groups in total. The Labute approximate surface area is 132 Å². The van der Waals surface area contributed by atoms with Crippen molar-refractivity contribution in [1.82, 2.24) is 10.2 Å². The van der Waals surface area contributed by atoms with Gasteiger partial charge in [0.25, 0.3) is 0 Å². The molecule has 6 nitrogen and oxygen atoms in total. The Morgan fingerprint density at radius 1 is 1.14 bits per heavy atom. The van der Waals surface area contributed by atoms with E-state index in [9.17, 15) is 14.4 Å². The van der Waals surface area contributed by atoms with Crippen molar-refractivity contribution in [2.45, 2.75) is 58.9 Å². The molecule has 0 unspecified atom stereocenters. The van der Waals surface area contributed by atoms with Gasteiger partial charge in [0.2, 0.25) is 11.8 Å². The number of piperidine rings is 1. The number of amides is 2. The second-order valence-corrected chi connectivity index (χ2v) is 7.04. The van der Waals surface area contributed by atoms with Gasteiger partial charge in [0.15, 0.2) is 0 Å². The van der Waals surface area contributed by atoms with Crippen molar-refractivity contribution in [1.29, 1.82) is 0 Å². The van der Waals surface area contributed by atoms with E-state index < -0.39 is 0 Å². The van der Waals surface area contributed by atoms with Crippen LogP contribution in [0.2, 0.25) is 0 Å². The summed E-state index contributed by atoms with van der Waals surface area (Å²) < 4.78 is 4.53. The first-order valence-electron chi connectivity index (χ1n) is 7.85. The number of ether oxygens (including phenoxy) is 1. The first kappa shape index (κ1) is 18.5. The van der Waals surface area contributed by atoms with Crippen molar-refractivity contribution in [3.8, 4) is 0 Å². The smallest absolute Gasteiger partial charge is 0.306 e. The molecule has 0 saturated carbocycles. The molecule has 0 radical (unpaired) electrons. The van der Waals surface area contributed by atoms with Gasteiger partial charge in [-0.1, -0.05) is 20.8 Å². The van der Waals surface area contributed by atoms with Crippen molar-refractivity contribution in [3.63, 3.8) is 0 Å². The molecule has 1 heterocycles. The van der Waals surface area contributed by atoms with Crippen molar-refractivity contribution in [2.75, 3.05) is 20.2 Å².